The van der Waals surface area contributed by atoms with E-state index >= 15 is 0 Å². The van der Waals surface area contributed by atoms with Crippen molar-refractivity contribution in [2.75, 3.05) is 0 Å². The molecule has 2 rings (SSSR count). The molecule has 0 spiro atoms. The van der Waals surface area contributed by atoms with E-state index in [9.17, 15) is 0 Å². The summed E-state index contributed by atoms with van der Waals surface area (Å²) in [6.45, 7) is 0. The lowest BCUT2D eigenvalue weighted by Crippen LogP contribution is -2.13. The van der Waals surface area contributed by atoms with Crippen molar-refractivity contribution >= 4 is 28.8 Å². The fourth-order valence-corrected chi connectivity index (χ4v) is 1.91. The summed E-state index contributed by atoms with van der Waals surface area (Å²) < 4.78 is 0. The molecule has 0 fully saturated rings. The predicted octanol–water partition coefficient (Wildman–Crippen LogP) is 2.35. The molecule has 0 aliphatic carbocycles. The summed E-state index contributed by atoms with van der Waals surface area (Å²) in [5.41, 5.74) is 12.5. The van der Waals surface area contributed by atoms with Crippen molar-refractivity contribution in [3.63, 3.8) is 0 Å². The van der Waals surface area contributed by atoms with Crippen molar-refractivity contribution < 1.29 is 0 Å². The molecule has 1 aromatic heterocycles. The molecule has 88 valence electrons. The molecule has 0 radical (unpaired) electrons. The average molecular weight is 269 g/mol. The Balaban J connectivity index is 2.65. The first-order chi connectivity index (χ1) is 8.11. The molecule has 6 heteroatoms. The van der Waals surface area contributed by atoms with Gasteiger partial charge in [0, 0.05) is 18.0 Å². The zero-order valence-corrected chi connectivity index (χ0v) is 10.3. The van der Waals surface area contributed by atoms with Crippen molar-refractivity contribution in [2.45, 2.75) is 0 Å². The van der Waals surface area contributed by atoms with Gasteiger partial charge in [-0.1, -0.05) is 35.3 Å². The summed E-state index contributed by atoms with van der Waals surface area (Å²) in [6, 6.07) is 5.25. The van der Waals surface area contributed by atoms with Crippen LogP contribution in [0.25, 0.3) is 5.57 Å². The van der Waals surface area contributed by atoms with Crippen molar-refractivity contribution in [3.8, 4) is 0 Å². The quantitative estimate of drug-likeness (QED) is 0.782. The number of hydrogen-bond acceptors (Lipinski definition) is 3. The lowest BCUT2D eigenvalue weighted by molar-refractivity contribution is 1.18. The van der Waals surface area contributed by atoms with Gasteiger partial charge in [-0.3, -0.25) is 0 Å². The predicted molar refractivity (Wildman–Crippen MR) is 69.4 cm³/mol. The van der Waals surface area contributed by atoms with Gasteiger partial charge in [-0.05, 0) is 6.07 Å². The number of halogens is 2. The van der Waals surface area contributed by atoms with Crippen LogP contribution in [0.15, 0.2) is 36.4 Å². The fourth-order valence-electron chi connectivity index (χ4n) is 1.52. The van der Waals surface area contributed by atoms with E-state index in [-0.39, 0.29) is 5.82 Å². The largest absolute Gasteiger partial charge is 0.385 e. The lowest BCUT2D eigenvalue weighted by atomic mass is 10.1. The number of nitrogens with two attached hydrogens (primary N) is 2. The van der Waals surface area contributed by atoms with Gasteiger partial charge in [0.05, 0.1) is 15.6 Å². The third-order valence-electron chi connectivity index (χ3n) is 2.24. The van der Waals surface area contributed by atoms with Crippen LogP contribution in [0.5, 0.6) is 0 Å². The van der Waals surface area contributed by atoms with Crippen LogP contribution in [0.4, 0.5) is 0 Å². The highest BCUT2D eigenvalue weighted by atomic mass is 35.5. The zero-order valence-electron chi connectivity index (χ0n) is 8.74. The number of imidazole rings is 1. The molecular weight excluding hydrogens is 259 g/mol. The Morgan fingerprint density at radius 1 is 1.24 bits per heavy atom. The van der Waals surface area contributed by atoms with Crippen LogP contribution in [0.3, 0.4) is 0 Å². The molecule has 1 aromatic carbocycles. The zero-order chi connectivity index (χ0) is 12.4. The Kier molecular flexibility index (Phi) is 3.26. The summed E-state index contributed by atoms with van der Waals surface area (Å²) in [5.74, 6) is 0.679. The number of nitrogens with one attached hydrogen (secondary N) is 1. The summed E-state index contributed by atoms with van der Waals surface area (Å²) in [5, 5.41) is 0.837. The van der Waals surface area contributed by atoms with E-state index in [0.29, 0.717) is 27.0 Å². The monoisotopic (exact) mass is 268 g/mol. The molecule has 17 heavy (non-hydrogen) atoms. The topological polar surface area (TPSA) is 80.7 Å². The first-order valence-corrected chi connectivity index (χ1v) is 5.56. The van der Waals surface area contributed by atoms with Gasteiger partial charge in [0.2, 0.25) is 0 Å². The Bertz CT molecular complexity index is 557. The van der Waals surface area contributed by atoms with Crippen LogP contribution in [-0.2, 0) is 0 Å². The maximum absolute atomic E-state index is 6.13. The van der Waals surface area contributed by atoms with Crippen molar-refractivity contribution in [1.82, 2.24) is 9.97 Å². The number of nitrogens with zero attached hydrogens (tertiary/aromatic N) is 1. The third kappa shape index (κ3) is 2.23. The highest BCUT2D eigenvalue weighted by Gasteiger charge is 2.15. The summed E-state index contributed by atoms with van der Waals surface area (Å²) >= 11 is 12.1. The lowest BCUT2D eigenvalue weighted by Gasteiger charge is -2.10. The van der Waals surface area contributed by atoms with Crippen LogP contribution in [0.2, 0.25) is 10.0 Å². The molecular formula is C11H10Cl2N4. The number of hydrogen-bond donors (Lipinski definition) is 3. The van der Waals surface area contributed by atoms with Crippen molar-refractivity contribution in [2.24, 2.45) is 11.5 Å². The van der Waals surface area contributed by atoms with E-state index in [2.05, 4.69) is 9.97 Å². The molecule has 0 unspecified atom stereocenters. The van der Waals surface area contributed by atoms with Gasteiger partial charge >= 0.3 is 0 Å². The molecule has 4 nitrogen and oxygen atoms in total. The van der Waals surface area contributed by atoms with Crippen LogP contribution in [-0.4, -0.2) is 9.97 Å². The van der Waals surface area contributed by atoms with E-state index in [1.807, 2.05) is 0 Å². The molecule has 2 aromatic rings. The first kappa shape index (κ1) is 11.8. The second-order valence-electron chi connectivity index (χ2n) is 3.37. The second-order valence-corrected chi connectivity index (χ2v) is 4.15. The van der Waals surface area contributed by atoms with E-state index in [4.69, 9.17) is 34.7 Å². The van der Waals surface area contributed by atoms with Crippen molar-refractivity contribution in [3.05, 3.63) is 57.8 Å². The van der Waals surface area contributed by atoms with Gasteiger partial charge in [0.1, 0.15) is 11.6 Å². The highest BCUT2D eigenvalue weighted by molar-refractivity contribution is 6.43. The first-order valence-electron chi connectivity index (χ1n) is 4.80. The minimum absolute atomic E-state index is 0.129. The van der Waals surface area contributed by atoms with Crippen LogP contribution < -0.4 is 11.5 Å². The smallest absolute Gasteiger partial charge is 0.141 e. The third-order valence-corrected chi connectivity index (χ3v) is 3.06. The Morgan fingerprint density at radius 2 is 2.00 bits per heavy atom. The molecule has 5 N–H and O–H groups in total. The molecule has 0 bridgehead atoms. The minimum atomic E-state index is 0.129. The van der Waals surface area contributed by atoms with Gasteiger partial charge in [0.15, 0.2) is 0 Å². The molecule has 0 amide bonds. The van der Waals surface area contributed by atoms with Gasteiger partial charge in [-0.15, -0.1) is 0 Å². The van der Waals surface area contributed by atoms with E-state index in [1.165, 1.54) is 0 Å². The van der Waals surface area contributed by atoms with Crippen LogP contribution in [0, 0.1) is 0 Å². The standard InChI is InChI=1S/C11H10Cl2N4/c12-7-3-1-2-6(9(7)13)8(10(14)15)11-16-4-5-17-11/h1-5H,14-15H2,(H,16,17). The molecule has 1 heterocycles. The Morgan fingerprint density at radius 3 is 2.59 bits per heavy atom. The number of H-pyrrole nitrogens is 1. The van der Waals surface area contributed by atoms with Crippen molar-refractivity contribution in [1.29, 1.82) is 0 Å². The number of aromatic amines is 1. The molecule has 0 aliphatic rings. The summed E-state index contributed by atoms with van der Waals surface area (Å²) in [7, 11) is 0. The maximum Gasteiger partial charge on any atom is 0.141 e. The summed E-state index contributed by atoms with van der Waals surface area (Å²) in [6.07, 6.45) is 3.29. The van der Waals surface area contributed by atoms with E-state index < -0.39 is 0 Å². The summed E-state index contributed by atoms with van der Waals surface area (Å²) in [4.78, 5) is 7.04. The van der Waals surface area contributed by atoms with Gasteiger partial charge in [-0.25, -0.2) is 4.98 Å². The Hall–Kier alpha value is -1.65. The average Bonchev–Trinajstić information content (AvgIpc) is 2.77. The molecule has 0 aliphatic heterocycles. The molecule has 0 saturated heterocycles. The second kappa shape index (κ2) is 4.69. The number of benzene rings is 1. The van der Waals surface area contributed by atoms with E-state index in [0.717, 1.165) is 0 Å². The number of rotatable bonds is 2. The van der Waals surface area contributed by atoms with Gasteiger partial charge in [0.25, 0.3) is 0 Å². The molecule has 0 atom stereocenters. The van der Waals surface area contributed by atoms with Crippen LogP contribution in [0.1, 0.15) is 11.4 Å². The maximum atomic E-state index is 6.13. The minimum Gasteiger partial charge on any atom is -0.385 e. The normalized spacial score (nSPS) is 10.2. The van der Waals surface area contributed by atoms with Gasteiger partial charge < -0.3 is 16.5 Å². The SMILES string of the molecule is NC(N)=C(c1ncc[nH]1)c1cccc(Cl)c1Cl. The highest BCUT2D eigenvalue weighted by Crippen LogP contribution is 2.32. The van der Waals surface area contributed by atoms with E-state index in [1.54, 1.807) is 30.6 Å². The Labute approximate surface area is 108 Å². The van der Waals surface area contributed by atoms with Gasteiger partial charge in [-0.2, -0.15) is 0 Å². The molecule has 0 saturated carbocycles. The van der Waals surface area contributed by atoms with Crippen LogP contribution >= 0.6 is 23.2 Å². The number of aromatic nitrogens is 2. The fraction of sp³-hybridized carbons (Fsp3) is 0.